The van der Waals surface area contributed by atoms with Crippen LogP contribution in [0.2, 0.25) is 0 Å². The Morgan fingerprint density at radius 2 is 2.29 bits per heavy atom. The Labute approximate surface area is 140 Å². The number of aliphatic hydroxyl groups excluding tert-OH is 1. The predicted octanol–water partition coefficient (Wildman–Crippen LogP) is 0.706. The molecular formula is C16H24N6O2. The van der Waals surface area contributed by atoms with E-state index in [9.17, 15) is 9.90 Å². The zero-order valence-electron chi connectivity index (χ0n) is 14.1. The largest absolute Gasteiger partial charge is 0.393 e. The predicted molar refractivity (Wildman–Crippen MR) is 87.3 cm³/mol. The summed E-state index contributed by atoms with van der Waals surface area (Å²) in [6, 6.07) is 1.72. The minimum absolute atomic E-state index is 0.0261. The summed E-state index contributed by atoms with van der Waals surface area (Å²) in [6.07, 6.45) is 5.24. The van der Waals surface area contributed by atoms with Crippen LogP contribution in [0.3, 0.4) is 0 Å². The van der Waals surface area contributed by atoms with Gasteiger partial charge in [-0.3, -0.25) is 9.48 Å². The van der Waals surface area contributed by atoms with Crippen molar-refractivity contribution in [3.8, 4) is 0 Å². The first-order chi connectivity index (χ1) is 11.6. The van der Waals surface area contributed by atoms with E-state index in [1.54, 1.807) is 23.3 Å². The van der Waals surface area contributed by atoms with Gasteiger partial charge in [0.25, 0.3) is 5.91 Å². The Morgan fingerprint density at radius 3 is 3.00 bits per heavy atom. The third-order valence-electron chi connectivity index (χ3n) is 4.68. The molecule has 8 nitrogen and oxygen atoms in total. The summed E-state index contributed by atoms with van der Waals surface area (Å²) in [6.45, 7) is 3.21. The molecule has 0 aromatic carbocycles. The lowest BCUT2D eigenvalue weighted by Gasteiger charge is -2.15. The third kappa shape index (κ3) is 3.33. The standard InChI is InChI=1S/C16H24N6O2/c1-3-6-22-13(4-5-19-22)16(24)17-9-12-7-11(8-14(12)23)15-20-18-10-21(15)2/h4-5,10-12,14,23H,3,6-9H2,1-2H3,(H,17,24)/t11-,12+,14+/m0/s1. The van der Waals surface area contributed by atoms with E-state index in [-0.39, 0.29) is 17.7 Å². The maximum Gasteiger partial charge on any atom is 0.269 e. The summed E-state index contributed by atoms with van der Waals surface area (Å²) in [5.41, 5.74) is 0.564. The fraction of sp³-hybridized carbons (Fsp3) is 0.625. The zero-order chi connectivity index (χ0) is 17.1. The van der Waals surface area contributed by atoms with E-state index < -0.39 is 6.10 Å². The number of aromatic nitrogens is 5. The summed E-state index contributed by atoms with van der Waals surface area (Å²) in [5.74, 6) is 0.956. The van der Waals surface area contributed by atoms with Crippen molar-refractivity contribution in [1.29, 1.82) is 0 Å². The third-order valence-corrected chi connectivity index (χ3v) is 4.68. The number of carbonyl (C=O) groups is 1. The molecule has 130 valence electrons. The molecule has 1 aliphatic rings. The van der Waals surface area contributed by atoms with Gasteiger partial charge in [0.2, 0.25) is 0 Å². The van der Waals surface area contributed by atoms with E-state index >= 15 is 0 Å². The second-order valence-corrected chi connectivity index (χ2v) is 6.45. The molecule has 1 aliphatic carbocycles. The van der Waals surface area contributed by atoms with Crippen LogP contribution in [0.5, 0.6) is 0 Å². The molecule has 1 saturated carbocycles. The van der Waals surface area contributed by atoms with Gasteiger partial charge in [-0.15, -0.1) is 10.2 Å². The van der Waals surface area contributed by atoms with E-state index in [4.69, 9.17) is 0 Å². The Balaban J connectivity index is 1.57. The molecule has 2 aromatic rings. The molecule has 1 amide bonds. The number of rotatable bonds is 6. The smallest absolute Gasteiger partial charge is 0.269 e. The average molecular weight is 332 g/mol. The Morgan fingerprint density at radius 1 is 1.46 bits per heavy atom. The summed E-state index contributed by atoms with van der Waals surface area (Å²) >= 11 is 0. The number of carbonyl (C=O) groups excluding carboxylic acids is 1. The van der Waals surface area contributed by atoms with Gasteiger partial charge in [0.15, 0.2) is 0 Å². The van der Waals surface area contributed by atoms with E-state index in [0.717, 1.165) is 25.2 Å². The Kier molecular flexibility index (Phi) is 4.94. The lowest BCUT2D eigenvalue weighted by molar-refractivity contribution is 0.0906. The van der Waals surface area contributed by atoms with Gasteiger partial charge < -0.3 is 15.0 Å². The zero-order valence-corrected chi connectivity index (χ0v) is 14.1. The molecule has 0 bridgehead atoms. The molecule has 0 aliphatic heterocycles. The summed E-state index contributed by atoms with van der Waals surface area (Å²) in [7, 11) is 1.91. The summed E-state index contributed by atoms with van der Waals surface area (Å²) in [5, 5.41) is 25.4. The van der Waals surface area contributed by atoms with E-state index in [2.05, 4.69) is 20.6 Å². The molecular weight excluding hydrogens is 308 g/mol. The number of aryl methyl sites for hydroxylation is 2. The first-order valence-corrected chi connectivity index (χ1v) is 8.42. The normalized spacial score (nSPS) is 23.5. The molecule has 0 saturated heterocycles. The molecule has 2 heterocycles. The minimum Gasteiger partial charge on any atom is -0.393 e. The van der Waals surface area contributed by atoms with Gasteiger partial charge in [0.1, 0.15) is 17.8 Å². The first kappa shape index (κ1) is 16.6. The van der Waals surface area contributed by atoms with Crippen molar-refractivity contribution in [1.82, 2.24) is 29.9 Å². The number of hydrogen-bond acceptors (Lipinski definition) is 5. The van der Waals surface area contributed by atoms with E-state index in [0.29, 0.717) is 18.7 Å². The van der Waals surface area contributed by atoms with Gasteiger partial charge in [0, 0.05) is 38.2 Å². The maximum absolute atomic E-state index is 12.3. The van der Waals surface area contributed by atoms with Gasteiger partial charge in [-0.25, -0.2) is 0 Å². The van der Waals surface area contributed by atoms with Crippen LogP contribution in [-0.2, 0) is 13.6 Å². The second-order valence-electron chi connectivity index (χ2n) is 6.45. The van der Waals surface area contributed by atoms with Crippen LogP contribution in [0.4, 0.5) is 0 Å². The van der Waals surface area contributed by atoms with Crippen molar-refractivity contribution in [2.24, 2.45) is 13.0 Å². The van der Waals surface area contributed by atoms with Gasteiger partial charge in [-0.1, -0.05) is 6.92 Å². The van der Waals surface area contributed by atoms with Crippen molar-refractivity contribution in [3.63, 3.8) is 0 Å². The van der Waals surface area contributed by atoms with Gasteiger partial charge in [0.05, 0.1) is 6.10 Å². The molecule has 1 fully saturated rings. The highest BCUT2D eigenvalue weighted by Gasteiger charge is 2.36. The van der Waals surface area contributed by atoms with Gasteiger partial charge >= 0.3 is 0 Å². The second kappa shape index (κ2) is 7.12. The van der Waals surface area contributed by atoms with Gasteiger partial charge in [-0.2, -0.15) is 5.10 Å². The van der Waals surface area contributed by atoms with Crippen molar-refractivity contribution in [2.45, 2.75) is 44.8 Å². The number of amides is 1. The van der Waals surface area contributed by atoms with Gasteiger partial charge in [-0.05, 0) is 25.3 Å². The summed E-state index contributed by atoms with van der Waals surface area (Å²) < 4.78 is 3.60. The van der Waals surface area contributed by atoms with Crippen molar-refractivity contribution >= 4 is 5.91 Å². The monoisotopic (exact) mass is 332 g/mol. The molecule has 8 heteroatoms. The summed E-state index contributed by atoms with van der Waals surface area (Å²) in [4.78, 5) is 12.3. The first-order valence-electron chi connectivity index (χ1n) is 8.42. The van der Waals surface area contributed by atoms with E-state index in [1.807, 2.05) is 18.5 Å². The average Bonchev–Trinajstić information content (AvgIpc) is 3.26. The van der Waals surface area contributed by atoms with Crippen LogP contribution in [0.1, 0.15) is 48.4 Å². The van der Waals surface area contributed by atoms with Crippen molar-refractivity contribution < 1.29 is 9.90 Å². The van der Waals surface area contributed by atoms with Crippen LogP contribution < -0.4 is 5.32 Å². The highest BCUT2D eigenvalue weighted by molar-refractivity contribution is 5.92. The molecule has 24 heavy (non-hydrogen) atoms. The van der Waals surface area contributed by atoms with Crippen LogP contribution in [0.25, 0.3) is 0 Å². The minimum atomic E-state index is -0.437. The number of hydrogen-bond donors (Lipinski definition) is 2. The highest BCUT2D eigenvalue weighted by Crippen LogP contribution is 2.37. The lowest BCUT2D eigenvalue weighted by atomic mass is 10.0. The fourth-order valence-electron chi connectivity index (χ4n) is 3.42. The van der Waals surface area contributed by atoms with Crippen LogP contribution in [-0.4, -0.2) is 48.2 Å². The molecule has 0 unspecified atom stereocenters. The Bertz CT molecular complexity index is 694. The SMILES string of the molecule is CCCn1nccc1C(=O)NC[C@H]1C[C@H](c2nncn2C)C[C@H]1O. The highest BCUT2D eigenvalue weighted by atomic mass is 16.3. The van der Waals surface area contributed by atoms with Crippen molar-refractivity contribution in [3.05, 3.63) is 30.1 Å². The van der Waals surface area contributed by atoms with E-state index in [1.165, 1.54) is 0 Å². The quantitative estimate of drug-likeness (QED) is 0.812. The molecule has 3 rings (SSSR count). The lowest BCUT2D eigenvalue weighted by Crippen LogP contribution is -2.33. The molecule has 2 aromatic heterocycles. The molecule has 3 atom stereocenters. The van der Waals surface area contributed by atoms with Crippen molar-refractivity contribution in [2.75, 3.05) is 6.54 Å². The topological polar surface area (TPSA) is 97.9 Å². The van der Waals surface area contributed by atoms with Crippen LogP contribution in [0, 0.1) is 5.92 Å². The maximum atomic E-state index is 12.3. The number of nitrogens with zero attached hydrogens (tertiary/aromatic N) is 5. The van der Waals surface area contributed by atoms with Crippen LogP contribution in [0.15, 0.2) is 18.6 Å². The molecule has 0 radical (unpaired) electrons. The van der Waals surface area contributed by atoms with Crippen LogP contribution >= 0.6 is 0 Å². The number of aliphatic hydroxyl groups is 1. The number of nitrogens with one attached hydrogen (secondary N) is 1. The molecule has 0 spiro atoms. The Hall–Kier alpha value is -2.22. The fourth-order valence-corrected chi connectivity index (χ4v) is 3.42. The molecule has 2 N–H and O–H groups in total.